The number of aromatic nitrogens is 1. The second kappa shape index (κ2) is 5.00. The first kappa shape index (κ1) is 12.3. The zero-order valence-electron chi connectivity index (χ0n) is 8.56. The molecule has 1 saturated heterocycles. The Morgan fingerprint density at radius 3 is 2.75 bits per heavy atom. The molecule has 0 N–H and O–H groups in total. The topological polar surface area (TPSA) is 56.3 Å². The summed E-state index contributed by atoms with van der Waals surface area (Å²) < 4.78 is 29.7. The Morgan fingerprint density at radius 1 is 1.50 bits per heavy atom. The minimum atomic E-state index is -3.11. The Balaban J connectivity index is 2.07. The van der Waals surface area contributed by atoms with Gasteiger partial charge in [-0.3, -0.25) is 0 Å². The first-order valence-electron chi connectivity index (χ1n) is 4.97. The van der Waals surface area contributed by atoms with Crippen molar-refractivity contribution in [3.05, 3.63) is 15.5 Å². The highest BCUT2D eigenvalue weighted by atomic mass is 35.5. The molecule has 2 rings (SSSR count). The van der Waals surface area contributed by atoms with Gasteiger partial charge < -0.3 is 4.74 Å². The molecule has 1 aliphatic heterocycles. The van der Waals surface area contributed by atoms with Crippen LogP contribution in [-0.4, -0.2) is 31.9 Å². The van der Waals surface area contributed by atoms with Crippen molar-refractivity contribution in [2.75, 3.05) is 13.2 Å². The molecule has 0 saturated carbocycles. The third kappa shape index (κ3) is 2.94. The standard InChI is InChI=1S/C9H12ClNO3S2/c10-8-5-11-9(15-8)6-16(12,13)7-1-3-14-4-2-7/h5,7H,1-4,6H2. The van der Waals surface area contributed by atoms with Crippen molar-refractivity contribution in [2.24, 2.45) is 0 Å². The van der Waals surface area contributed by atoms with Gasteiger partial charge in [0.05, 0.1) is 11.4 Å². The fraction of sp³-hybridized carbons (Fsp3) is 0.667. The maximum Gasteiger partial charge on any atom is 0.159 e. The molecule has 1 aliphatic rings. The van der Waals surface area contributed by atoms with Crippen molar-refractivity contribution in [1.82, 2.24) is 4.98 Å². The Morgan fingerprint density at radius 2 is 2.19 bits per heavy atom. The molecule has 0 atom stereocenters. The molecule has 1 aromatic heterocycles. The van der Waals surface area contributed by atoms with Gasteiger partial charge in [0.1, 0.15) is 15.1 Å². The van der Waals surface area contributed by atoms with E-state index in [1.165, 1.54) is 17.5 Å². The van der Waals surface area contributed by atoms with E-state index < -0.39 is 9.84 Å². The second-order valence-electron chi connectivity index (χ2n) is 3.68. The lowest BCUT2D eigenvalue weighted by Crippen LogP contribution is -2.29. The highest BCUT2D eigenvalue weighted by Gasteiger charge is 2.28. The fourth-order valence-corrected chi connectivity index (χ4v) is 4.73. The van der Waals surface area contributed by atoms with Crippen LogP contribution in [0.2, 0.25) is 4.34 Å². The largest absolute Gasteiger partial charge is 0.381 e. The quantitative estimate of drug-likeness (QED) is 0.849. The molecule has 1 fully saturated rings. The van der Waals surface area contributed by atoms with Crippen molar-refractivity contribution >= 4 is 32.8 Å². The van der Waals surface area contributed by atoms with Crippen molar-refractivity contribution in [3.63, 3.8) is 0 Å². The number of hydrogen-bond donors (Lipinski definition) is 0. The Hall–Kier alpha value is -0.170. The summed E-state index contributed by atoms with van der Waals surface area (Å²) >= 11 is 6.94. The number of halogens is 1. The summed E-state index contributed by atoms with van der Waals surface area (Å²) in [6.07, 6.45) is 2.66. The Bertz CT molecular complexity index is 451. The molecule has 0 aromatic carbocycles. The summed E-state index contributed by atoms with van der Waals surface area (Å²) in [7, 11) is -3.11. The van der Waals surface area contributed by atoms with Gasteiger partial charge in [-0.05, 0) is 12.8 Å². The van der Waals surface area contributed by atoms with Crippen LogP contribution >= 0.6 is 22.9 Å². The van der Waals surface area contributed by atoms with E-state index in [9.17, 15) is 8.42 Å². The lowest BCUT2D eigenvalue weighted by molar-refractivity contribution is 0.0983. The van der Waals surface area contributed by atoms with Crippen LogP contribution in [0.3, 0.4) is 0 Å². The third-order valence-corrected chi connectivity index (χ3v) is 5.99. The maximum absolute atomic E-state index is 12.0. The van der Waals surface area contributed by atoms with Crippen molar-refractivity contribution in [1.29, 1.82) is 0 Å². The van der Waals surface area contributed by atoms with E-state index in [-0.39, 0.29) is 11.0 Å². The fourth-order valence-electron chi connectivity index (χ4n) is 1.68. The molecule has 0 amide bonds. The predicted octanol–water partition coefficient (Wildman–Crippen LogP) is 1.89. The summed E-state index contributed by atoms with van der Waals surface area (Å²) in [5.74, 6) is -0.00491. The second-order valence-corrected chi connectivity index (χ2v) is 7.70. The highest BCUT2D eigenvalue weighted by molar-refractivity contribution is 7.91. The Kier molecular flexibility index (Phi) is 3.84. The molecular formula is C9H12ClNO3S2. The average molecular weight is 282 g/mol. The molecule has 0 unspecified atom stereocenters. The van der Waals surface area contributed by atoms with Gasteiger partial charge in [0.15, 0.2) is 9.84 Å². The number of sulfone groups is 1. The monoisotopic (exact) mass is 281 g/mol. The van der Waals surface area contributed by atoms with Crippen molar-refractivity contribution < 1.29 is 13.2 Å². The molecule has 0 aliphatic carbocycles. The number of hydrogen-bond acceptors (Lipinski definition) is 5. The lowest BCUT2D eigenvalue weighted by Gasteiger charge is -2.21. The minimum Gasteiger partial charge on any atom is -0.381 e. The molecule has 16 heavy (non-hydrogen) atoms. The SMILES string of the molecule is O=S(=O)(Cc1ncc(Cl)s1)C1CCOCC1. The summed E-state index contributed by atoms with van der Waals surface area (Å²) in [4.78, 5) is 3.97. The van der Waals surface area contributed by atoms with Gasteiger partial charge in [0.2, 0.25) is 0 Å². The van der Waals surface area contributed by atoms with Crippen LogP contribution in [0.5, 0.6) is 0 Å². The molecule has 0 radical (unpaired) electrons. The Labute approximate surface area is 104 Å². The van der Waals surface area contributed by atoms with E-state index in [0.29, 0.717) is 35.4 Å². The predicted molar refractivity (Wildman–Crippen MR) is 63.6 cm³/mol. The van der Waals surface area contributed by atoms with Crippen LogP contribution in [0.25, 0.3) is 0 Å². The van der Waals surface area contributed by atoms with Crippen molar-refractivity contribution in [3.8, 4) is 0 Å². The number of thiazole rings is 1. The maximum atomic E-state index is 12.0. The smallest absolute Gasteiger partial charge is 0.159 e. The van der Waals surface area contributed by atoms with Gasteiger partial charge >= 0.3 is 0 Å². The van der Waals surface area contributed by atoms with E-state index in [1.807, 2.05) is 0 Å². The summed E-state index contributed by atoms with van der Waals surface area (Å²) in [6.45, 7) is 1.06. The summed E-state index contributed by atoms with van der Waals surface area (Å²) in [6, 6.07) is 0. The van der Waals surface area contributed by atoms with Gasteiger partial charge in [-0.15, -0.1) is 11.3 Å². The van der Waals surface area contributed by atoms with Gasteiger partial charge in [-0.25, -0.2) is 13.4 Å². The van der Waals surface area contributed by atoms with E-state index >= 15 is 0 Å². The van der Waals surface area contributed by atoms with Gasteiger partial charge in [-0.2, -0.15) is 0 Å². The molecule has 90 valence electrons. The van der Waals surface area contributed by atoms with Gasteiger partial charge in [0, 0.05) is 13.2 Å². The first-order chi connectivity index (χ1) is 7.58. The number of ether oxygens (including phenoxy) is 1. The summed E-state index contributed by atoms with van der Waals surface area (Å²) in [5, 5.41) is 0.278. The van der Waals surface area contributed by atoms with Crippen LogP contribution in [0.1, 0.15) is 17.8 Å². The molecule has 7 heteroatoms. The van der Waals surface area contributed by atoms with Gasteiger partial charge in [0.25, 0.3) is 0 Å². The lowest BCUT2D eigenvalue weighted by atomic mass is 10.2. The van der Waals surface area contributed by atoms with E-state index in [4.69, 9.17) is 16.3 Å². The minimum absolute atomic E-state index is 0.00491. The van der Waals surface area contributed by atoms with Crippen LogP contribution in [-0.2, 0) is 20.3 Å². The number of rotatable bonds is 3. The molecule has 0 spiro atoms. The molecule has 1 aromatic rings. The molecular weight excluding hydrogens is 270 g/mol. The summed E-state index contributed by atoms with van der Waals surface area (Å²) in [5.41, 5.74) is 0. The normalized spacial score (nSPS) is 18.8. The van der Waals surface area contributed by atoms with Crippen molar-refractivity contribution in [2.45, 2.75) is 23.8 Å². The molecule has 2 heterocycles. The van der Waals surface area contributed by atoms with Crippen LogP contribution in [0.4, 0.5) is 0 Å². The number of nitrogens with zero attached hydrogens (tertiary/aromatic N) is 1. The van der Waals surface area contributed by atoms with Gasteiger partial charge in [-0.1, -0.05) is 11.6 Å². The van der Waals surface area contributed by atoms with Crippen LogP contribution in [0.15, 0.2) is 6.20 Å². The van der Waals surface area contributed by atoms with Crippen LogP contribution in [0, 0.1) is 0 Å². The third-order valence-electron chi connectivity index (χ3n) is 2.53. The van der Waals surface area contributed by atoms with E-state index in [1.54, 1.807) is 0 Å². The highest BCUT2D eigenvalue weighted by Crippen LogP contribution is 2.24. The van der Waals surface area contributed by atoms with Crippen LogP contribution < -0.4 is 0 Å². The first-order valence-corrected chi connectivity index (χ1v) is 7.88. The zero-order valence-corrected chi connectivity index (χ0v) is 10.9. The van der Waals surface area contributed by atoms with E-state index in [0.717, 1.165) is 0 Å². The zero-order chi connectivity index (χ0) is 11.6. The molecule has 4 nitrogen and oxygen atoms in total. The molecule has 0 bridgehead atoms. The average Bonchev–Trinajstić information content (AvgIpc) is 2.64. The van der Waals surface area contributed by atoms with E-state index in [2.05, 4.69) is 4.98 Å².